The van der Waals surface area contributed by atoms with E-state index < -0.39 is 27.5 Å². The van der Waals surface area contributed by atoms with Gasteiger partial charge in [0.15, 0.2) is 9.84 Å². The molecule has 1 aliphatic heterocycles. The molecule has 0 aromatic heterocycles. The fourth-order valence-electron chi connectivity index (χ4n) is 4.54. The molecule has 3 rings (SSSR count). The van der Waals surface area contributed by atoms with Crippen molar-refractivity contribution < 1.29 is 36.2 Å². The average molecular weight is 598 g/mol. The van der Waals surface area contributed by atoms with Crippen LogP contribution in [0.3, 0.4) is 0 Å². The summed E-state index contributed by atoms with van der Waals surface area (Å²) < 4.78 is 66.7. The molecule has 0 bridgehead atoms. The van der Waals surface area contributed by atoms with Gasteiger partial charge < -0.3 is 5.32 Å². The fourth-order valence-corrected chi connectivity index (χ4v) is 6.13. The number of alkyl halides is 3. The summed E-state index contributed by atoms with van der Waals surface area (Å²) in [5.74, 6) is -1.01. The lowest BCUT2D eigenvalue weighted by Gasteiger charge is -2.37. The van der Waals surface area contributed by atoms with E-state index in [1.165, 1.54) is 31.2 Å². The molecule has 2 N–H and O–H groups in total. The highest BCUT2D eigenvalue weighted by Crippen LogP contribution is 2.37. The molecule has 0 radical (unpaired) electrons. The maximum absolute atomic E-state index is 14.0. The molecule has 1 fully saturated rings. The average Bonchev–Trinajstić information content (AvgIpc) is 2.82. The number of carbonyl (C=O) groups is 1. The van der Waals surface area contributed by atoms with Gasteiger partial charge in [-0.25, -0.2) is 13.6 Å². The Kier molecular flexibility index (Phi) is 9.43. The minimum Gasteiger partial charge on any atom is -0.348 e. The molecule has 1 aliphatic rings. The van der Waals surface area contributed by atoms with Gasteiger partial charge in [-0.15, -0.1) is 0 Å². The molecule has 0 atom stereocenters. The van der Waals surface area contributed by atoms with Gasteiger partial charge in [0, 0.05) is 54.6 Å². The number of carbonyl (C=O) groups excluding carboxylic acids is 1. The maximum atomic E-state index is 14.0. The number of piperidine rings is 1. The summed E-state index contributed by atoms with van der Waals surface area (Å²) in [6.45, 7) is 2.14. The predicted octanol–water partition coefficient (Wildman–Crippen LogP) is 5.17. The fraction of sp³-hybridized carbons (Fsp3) is 0.480. The Morgan fingerprint density at radius 3 is 2.34 bits per heavy atom. The van der Waals surface area contributed by atoms with Gasteiger partial charge in [0.1, 0.15) is 6.04 Å². The van der Waals surface area contributed by atoms with Gasteiger partial charge in [0.05, 0.1) is 30.3 Å². The maximum Gasteiger partial charge on any atom is 0.416 e. The summed E-state index contributed by atoms with van der Waals surface area (Å²) in [7, 11) is -0.291. The van der Waals surface area contributed by atoms with E-state index >= 15 is 0 Å². The van der Waals surface area contributed by atoms with Gasteiger partial charge >= 0.3 is 6.18 Å². The highest BCUT2D eigenvalue weighted by molar-refractivity contribution is 7.91. The summed E-state index contributed by atoms with van der Waals surface area (Å²) in [6, 6.07) is 6.07. The monoisotopic (exact) mass is 596 g/mol. The van der Waals surface area contributed by atoms with Crippen LogP contribution in [-0.2, 0) is 29.1 Å². The van der Waals surface area contributed by atoms with E-state index in [2.05, 4.69) is 5.32 Å². The Morgan fingerprint density at radius 2 is 1.79 bits per heavy atom. The Bertz CT molecular complexity index is 1290. The minimum absolute atomic E-state index is 0.0118. The van der Waals surface area contributed by atoms with Crippen molar-refractivity contribution in [3.05, 3.63) is 62.6 Å². The third-order valence-electron chi connectivity index (χ3n) is 6.77. The van der Waals surface area contributed by atoms with Crippen molar-refractivity contribution in [3.63, 3.8) is 0 Å². The molecule has 0 saturated carbocycles. The van der Waals surface area contributed by atoms with Crippen molar-refractivity contribution in [2.24, 2.45) is 0 Å². The summed E-state index contributed by atoms with van der Waals surface area (Å²) in [4.78, 5) is 14.7. The largest absolute Gasteiger partial charge is 0.416 e. The van der Waals surface area contributed by atoms with Gasteiger partial charge in [-0.1, -0.05) is 30.1 Å². The third-order valence-corrected chi connectivity index (χ3v) is 9.17. The van der Waals surface area contributed by atoms with Crippen LogP contribution in [-0.4, -0.2) is 68.1 Å². The molecule has 1 saturated heterocycles. The predicted molar refractivity (Wildman–Crippen MR) is 139 cm³/mol. The van der Waals surface area contributed by atoms with Crippen LogP contribution < -0.4 is 5.32 Å². The topological polar surface area (TPSA) is 86.7 Å². The van der Waals surface area contributed by atoms with Crippen molar-refractivity contribution in [2.45, 2.75) is 50.0 Å². The first-order chi connectivity index (χ1) is 17.5. The van der Waals surface area contributed by atoms with Crippen molar-refractivity contribution in [2.75, 3.05) is 32.9 Å². The standard InChI is InChI=1S/C25H30Cl2F3N3O4S/c1-4-38(36,37)23-6-5-18(26)11-17(23)14-31-24(34)16-12-21(25(28,29)30)20(22(27)13-16)15-32-9-7-19(8-10-32)33(2,3)35/h5-6,11-13,19,35H,4,7-10,14-15H2,1-3H3/p+1. The van der Waals surface area contributed by atoms with Crippen LogP contribution in [0.5, 0.6) is 0 Å². The second-order valence-electron chi connectivity index (χ2n) is 9.81. The quantitative estimate of drug-likeness (QED) is 0.324. The van der Waals surface area contributed by atoms with Crippen LogP contribution in [0.1, 0.15) is 46.8 Å². The van der Waals surface area contributed by atoms with Gasteiger partial charge in [0.25, 0.3) is 5.91 Å². The molecule has 13 heteroatoms. The number of halogens is 5. The molecule has 0 aliphatic carbocycles. The highest BCUT2D eigenvalue weighted by atomic mass is 35.5. The molecular formula is C25H31Cl2F3N3O4S+. The van der Waals surface area contributed by atoms with Crippen LogP contribution in [0.2, 0.25) is 10.0 Å². The Balaban J connectivity index is 1.83. The number of hydrogen-bond donors (Lipinski definition) is 2. The van der Waals surface area contributed by atoms with Crippen molar-refractivity contribution >= 4 is 38.9 Å². The summed E-state index contributed by atoms with van der Waals surface area (Å²) in [5.41, 5.74) is -1.21. The molecule has 38 heavy (non-hydrogen) atoms. The van der Waals surface area contributed by atoms with Crippen LogP contribution in [0.25, 0.3) is 0 Å². The lowest BCUT2D eigenvalue weighted by Crippen LogP contribution is -2.51. The van der Waals surface area contributed by atoms with E-state index in [1.807, 2.05) is 4.90 Å². The second-order valence-corrected chi connectivity index (χ2v) is 12.9. The van der Waals surface area contributed by atoms with Gasteiger partial charge in [0.2, 0.25) is 0 Å². The normalized spacial score (nSPS) is 16.0. The molecule has 7 nitrogen and oxygen atoms in total. The van der Waals surface area contributed by atoms with Crippen LogP contribution in [0.15, 0.2) is 35.2 Å². The second kappa shape index (κ2) is 11.7. The van der Waals surface area contributed by atoms with Crippen molar-refractivity contribution in [3.8, 4) is 0 Å². The zero-order valence-electron chi connectivity index (χ0n) is 21.3. The van der Waals surface area contributed by atoms with E-state index in [0.717, 1.165) is 6.07 Å². The molecular weight excluding hydrogens is 566 g/mol. The zero-order valence-corrected chi connectivity index (χ0v) is 23.6. The number of rotatable bonds is 8. The van der Waals surface area contributed by atoms with Gasteiger partial charge in [-0.05, 0) is 41.5 Å². The molecule has 0 spiro atoms. The molecule has 0 unspecified atom stereocenters. The Labute approximate surface area is 230 Å². The first kappa shape index (κ1) is 30.6. The summed E-state index contributed by atoms with van der Waals surface area (Å²) in [5, 5.41) is 12.7. The third kappa shape index (κ3) is 7.40. The number of amides is 1. The first-order valence-corrected chi connectivity index (χ1v) is 14.4. The number of hydroxylamine groups is 3. The lowest BCUT2D eigenvalue weighted by atomic mass is 9.99. The molecule has 210 valence electrons. The number of likely N-dealkylation sites (tertiary alicyclic amines) is 1. The Hall–Kier alpha value is -1.89. The number of sulfone groups is 1. The number of nitrogens with one attached hydrogen (secondary N) is 1. The number of benzene rings is 2. The molecule has 1 heterocycles. The van der Waals surface area contributed by atoms with Crippen LogP contribution in [0.4, 0.5) is 13.2 Å². The van der Waals surface area contributed by atoms with E-state index in [1.54, 1.807) is 14.1 Å². The van der Waals surface area contributed by atoms with Gasteiger partial charge in [-0.3, -0.25) is 9.69 Å². The minimum atomic E-state index is -4.76. The van der Waals surface area contributed by atoms with E-state index in [4.69, 9.17) is 23.2 Å². The molecule has 2 aromatic carbocycles. The summed E-state index contributed by atoms with van der Waals surface area (Å²) >= 11 is 12.3. The van der Waals surface area contributed by atoms with Crippen molar-refractivity contribution in [1.82, 2.24) is 10.2 Å². The van der Waals surface area contributed by atoms with Crippen LogP contribution in [0, 0.1) is 0 Å². The smallest absolute Gasteiger partial charge is 0.348 e. The van der Waals surface area contributed by atoms with E-state index in [0.29, 0.717) is 25.9 Å². The SMILES string of the molecule is CCS(=O)(=O)c1ccc(Cl)cc1CNC(=O)c1cc(Cl)c(CN2CCC([N+](C)(C)O)CC2)c(C(F)(F)F)c1. The highest BCUT2D eigenvalue weighted by Gasteiger charge is 2.37. The van der Waals surface area contributed by atoms with E-state index in [-0.39, 0.29) is 61.2 Å². The van der Waals surface area contributed by atoms with Crippen LogP contribution >= 0.6 is 23.2 Å². The first-order valence-electron chi connectivity index (χ1n) is 12.0. The summed E-state index contributed by atoms with van der Waals surface area (Å²) in [6.07, 6.45) is -3.53. The molecule has 2 aromatic rings. The van der Waals surface area contributed by atoms with E-state index in [9.17, 15) is 31.6 Å². The lowest BCUT2D eigenvalue weighted by molar-refractivity contribution is -1.09. The van der Waals surface area contributed by atoms with Gasteiger partial charge in [-0.2, -0.15) is 17.8 Å². The zero-order chi connectivity index (χ0) is 28.5. The molecule has 1 amide bonds. The number of quaternary nitrogens is 1. The van der Waals surface area contributed by atoms with Crippen molar-refractivity contribution in [1.29, 1.82) is 0 Å². The number of hydrogen-bond acceptors (Lipinski definition) is 5. The Morgan fingerprint density at radius 1 is 1.16 bits per heavy atom. The number of nitrogens with zero attached hydrogens (tertiary/aromatic N) is 2.